The Kier molecular flexibility index (Phi) is 3.87. The normalized spacial score (nSPS) is 18.4. The maximum absolute atomic E-state index is 13.9. The van der Waals surface area contributed by atoms with Gasteiger partial charge in [0.15, 0.2) is 0 Å². The molecule has 2 amide bonds. The van der Waals surface area contributed by atoms with Gasteiger partial charge < -0.3 is 15.4 Å². The molecule has 8 heteroatoms. The van der Waals surface area contributed by atoms with Crippen LogP contribution < -0.4 is 26.2 Å². The van der Waals surface area contributed by atoms with Crippen molar-refractivity contribution in [3.05, 3.63) is 53.5 Å². The van der Waals surface area contributed by atoms with Gasteiger partial charge in [0.2, 0.25) is 0 Å². The number of nitrogens with one attached hydrogen (secondary N) is 4. The van der Waals surface area contributed by atoms with Crippen molar-refractivity contribution in [3.8, 4) is 16.9 Å². The van der Waals surface area contributed by atoms with Crippen molar-refractivity contribution < 1.29 is 13.9 Å². The van der Waals surface area contributed by atoms with E-state index in [4.69, 9.17) is 4.74 Å². The number of hydrogen-bond donors (Lipinski definition) is 4. The molecule has 0 bridgehead atoms. The predicted octanol–water partition coefficient (Wildman–Crippen LogP) is 2.10. The quantitative estimate of drug-likeness (QED) is 0.655. The molecule has 0 aliphatic carbocycles. The first-order valence-electron chi connectivity index (χ1n) is 9.17. The van der Waals surface area contributed by atoms with Crippen LogP contribution >= 0.6 is 0 Å². The average Bonchev–Trinajstić information content (AvgIpc) is 2.66. The van der Waals surface area contributed by atoms with Gasteiger partial charge in [-0.1, -0.05) is 12.1 Å². The monoisotopic (exact) mass is 381 g/mol. The van der Waals surface area contributed by atoms with Crippen molar-refractivity contribution >= 4 is 17.4 Å². The molecule has 2 aromatic carbocycles. The molecular weight excluding hydrogens is 361 g/mol. The number of carbonyl (C=O) groups is 1. The lowest BCUT2D eigenvalue weighted by Crippen LogP contribution is -2.52. The molecule has 5 rings (SSSR count). The van der Waals surface area contributed by atoms with Crippen molar-refractivity contribution in [2.75, 3.05) is 32.1 Å². The Labute approximate surface area is 161 Å². The summed E-state index contributed by atoms with van der Waals surface area (Å²) < 4.78 is 19.8. The number of hydrazine groups is 1. The van der Waals surface area contributed by atoms with E-state index in [0.717, 1.165) is 46.9 Å². The van der Waals surface area contributed by atoms with Crippen LogP contribution in [0.5, 0.6) is 5.75 Å². The summed E-state index contributed by atoms with van der Waals surface area (Å²) in [4.78, 5) is 13.7. The molecule has 2 aromatic rings. The summed E-state index contributed by atoms with van der Waals surface area (Å²) in [6.45, 7) is 2.05. The Morgan fingerprint density at radius 3 is 2.79 bits per heavy atom. The lowest BCUT2D eigenvalue weighted by Gasteiger charge is -2.35. The van der Waals surface area contributed by atoms with Gasteiger partial charge >= 0.3 is 6.03 Å². The molecule has 7 nitrogen and oxygen atoms in total. The molecule has 3 heterocycles. The smallest absolute Gasteiger partial charge is 0.340 e. The molecular formula is C20H20FN5O2. The van der Waals surface area contributed by atoms with Crippen molar-refractivity contribution in [3.63, 3.8) is 0 Å². The molecule has 0 aromatic heterocycles. The SMILES string of the molecule is CN1C(=O)NNC2=C1c1cc(NC3CNC3)c(-c3cccc(F)c3)cc1OC2. The molecule has 3 aliphatic rings. The van der Waals surface area contributed by atoms with Crippen LogP contribution in [0, 0.1) is 5.82 Å². The van der Waals surface area contributed by atoms with E-state index in [1.54, 1.807) is 18.0 Å². The van der Waals surface area contributed by atoms with E-state index in [1.165, 1.54) is 12.1 Å². The molecule has 0 radical (unpaired) electrons. The minimum Gasteiger partial charge on any atom is -0.487 e. The topological polar surface area (TPSA) is 77.7 Å². The third-order valence-electron chi connectivity index (χ3n) is 5.27. The molecule has 0 saturated carbocycles. The van der Waals surface area contributed by atoms with Crippen LogP contribution in [0.4, 0.5) is 14.9 Å². The second-order valence-electron chi connectivity index (χ2n) is 7.13. The number of anilines is 1. The molecule has 0 unspecified atom stereocenters. The van der Waals surface area contributed by atoms with Gasteiger partial charge in [0, 0.05) is 37.0 Å². The minimum atomic E-state index is -0.287. The first-order valence-corrected chi connectivity index (χ1v) is 9.17. The zero-order valence-corrected chi connectivity index (χ0v) is 15.3. The van der Waals surface area contributed by atoms with Gasteiger partial charge in [-0.15, -0.1) is 0 Å². The number of ether oxygens (including phenoxy) is 1. The summed E-state index contributed by atoms with van der Waals surface area (Å²) in [5.74, 6) is 0.379. The molecule has 3 aliphatic heterocycles. The van der Waals surface area contributed by atoms with E-state index in [9.17, 15) is 9.18 Å². The van der Waals surface area contributed by atoms with E-state index in [1.807, 2.05) is 18.2 Å². The van der Waals surface area contributed by atoms with Crippen molar-refractivity contribution in [2.24, 2.45) is 0 Å². The number of fused-ring (bicyclic) bond motifs is 2. The third-order valence-corrected chi connectivity index (χ3v) is 5.27. The summed E-state index contributed by atoms with van der Waals surface area (Å²) in [6, 6.07) is 10.5. The second-order valence-corrected chi connectivity index (χ2v) is 7.13. The van der Waals surface area contributed by atoms with Gasteiger partial charge in [-0.05, 0) is 29.8 Å². The number of rotatable bonds is 3. The zero-order chi connectivity index (χ0) is 19.3. The number of halogens is 1. The van der Waals surface area contributed by atoms with E-state index in [2.05, 4.69) is 21.5 Å². The van der Waals surface area contributed by atoms with Crippen LogP contribution in [0.15, 0.2) is 42.1 Å². The van der Waals surface area contributed by atoms with Crippen LogP contribution in [0.1, 0.15) is 5.56 Å². The highest BCUT2D eigenvalue weighted by Gasteiger charge is 2.31. The van der Waals surface area contributed by atoms with E-state index < -0.39 is 0 Å². The summed E-state index contributed by atoms with van der Waals surface area (Å²) in [6.07, 6.45) is 0. The Balaban J connectivity index is 1.66. The van der Waals surface area contributed by atoms with Gasteiger partial charge in [0.1, 0.15) is 18.2 Å². The molecule has 1 saturated heterocycles. The van der Waals surface area contributed by atoms with Crippen LogP contribution in [0.25, 0.3) is 16.8 Å². The molecule has 1 fully saturated rings. The number of amides is 2. The fourth-order valence-electron chi connectivity index (χ4n) is 3.68. The Bertz CT molecular complexity index is 1000. The van der Waals surface area contributed by atoms with E-state index in [-0.39, 0.29) is 11.8 Å². The van der Waals surface area contributed by atoms with E-state index in [0.29, 0.717) is 18.4 Å². The van der Waals surface area contributed by atoms with Crippen molar-refractivity contribution in [1.82, 2.24) is 21.1 Å². The number of urea groups is 1. The third kappa shape index (κ3) is 2.73. The van der Waals surface area contributed by atoms with Gasteiger partial charge in [0.25, 0.3) is 0 Å². The number of benzene rings is 2. The molecule has 4 N–H and O–H groups in total. The lowest BCUT2D eigenvalue weighted by molar-refractivity contribution is 0.213. The Morgan fingerprint density at radius 2 is 2.04 bits per heavy atom. The number of hydrogen-bond acceptors (Lipinski definition) is 5. The van der Waals surface area contributed by atoms with Gasteiger partial charge in [-0.2, -0.15) is 0 Å². The Hall–Kier alpha value is -3.26. The predicted molar refractivity (Wildman–Crippen MR) is 104 cm³/mol. The van der Waals surface area contributed by atoms with Crippen molar-refractivity contribution in [1.29, 1.82) is 0 Å². The number of carbonyl (C=O) groups excluding carboxylic acids is 1. The van der Waals surface area contributed by atoms with Gasteiger partial charge in [0.05, 0.1) is 17.4 Å². The van der Waals surface area contributed by atoms with Gasteiger partial charge in [-0.3, -0.25) is 15.8 Å². The van der Waals surface area contributed by atoms with Crippen LogP contribution in [0.2, 0.25) is 0 Å². The summed E-state index contributed by atoms with van der Waals surface area (Å²) in [7, 11) is 1.73. The highest BCUT2D eigenvalue weighted by molar-refractivity contribution is 5.93. The molecule has 28 heavy (non-hydrogen) atoms. The minimum absolute atomic E-state index is 0.237. The van der Waals surface area contributed by atoms with Crippen molar-refractivity contribution in [2.45, 2.75) is 6.04 Å². The highest BCUT2D eigenvalue weighted by atomic mass is 19.1. The fourth-order valence-corrected chi connectivity index (χ4v) is 3.68. The standard InChI is InChI=1S/C20H20FN5O2/c1-26-19-15-6-16(23-13-8-22-9-13)14(11-3-2-4-12(21)5-11)7-18(15)28-10-17(19)24-25-20(26)27/h2-7,13,22-24H,8-10H2,1H3,(H,25,27). The van der Waals surface area contributed by atoms with Crippen LogP contribution in [-0.2, 0) is 0 Å². The first-order chi connectivity index (χ1) is 13.6. The molecule has 0 spiro atoms. The summed E-state index contributed by atoms with van der Waals surface area (Å²) in [5, 5.41) is 6.78. The molecule has 144 valence electrons. The first kappa shape index (κ1) is 16.9. The number of nitrogens with zero attached hydrogens (tertiary/aromatic N) is 1. The summed E-state index contributed by atoms with van der Waals surface area (Å²) >= 11 is 0. The Morgan fingerprint density at radius 1 is 1.18 bits per heavy atom. The maximum Gasteiger partial charge on any atom is 0.340 e. The van der Waals surface area contributed by atoms with Crippen LogP contribution in [-0.4, -0.2) is 43.7 Å². The lowest BCUT2D eigenvalue weighted by atomic mass is 9.96. The van der Waals surface area contributed by atoms with E-state index >= 15 is 0 Å². The largest absolute Gasteiger partial charge is 0.487 e. The fraction of sp³-hybridized carbons (Fsp3) is 0.250. The van der Waals surface area contributed by atoms with Gasteiger partial charge in [-0.25, -0.2) is 9.18 Å². The second kappa shape index (κ2) is 6.42. The summed E-state index contributed by atoms with van der Waals surface area (Å²) in [5.41, 5.74) is 10.4. The zero-order valence-electron chi connectivity index (χ0n) is 15.3. The van der Waals surface area contributed by atoms with Crippen LogP contribution in [0.3, 0.4) is 0 Å². The highest BCUT2D eigenvalue weighted by Crippen LogP contribution is 2.42. The maximum atomic E-state index is 13.9. The molecule has 0 atom stereocenters. The average molecular weight is 381 g/mol.